The van der Waals surface area contributed by atoms with E-state index in [1.54, 1.807) is 30.6 Å². The SMILES string of the molecule is C.C.NCc1ccccn1.O=C(NCc1ccccn1)O[C@H]1CCc2c(C(=O)Nc3ccc(F)c(Cl)c3)ccc(F)c21.O=C(Nc1ccc(F)c(Cl)c1)c1ccc(F)c2c1CC[C@@H]2O. The molecule has 4 aromatic carbocycles. The van der Waals surface area contributed by atoms with E-state index in [9.17, 15) is 37.1 Å². The number of nitrogens with zero attached hydrogens (tertiary/aromatic N) is 2. The Bertz CT molecular complexity index is 2580. The van der Waals surface area contributed by atoms with Gasteiger partial charge < -0.3 is 31.5 Å². The quantitative estimate of drug-likeness (QED) is 0.0940. The average Bonchev–Trinajstić information content (AvgIpc) is 3.88. The number of alkyl carbamates (subject to hydrolysis) is 1. The number of hydrogen-bond acceptors (Lipinski definition) is 8. The number of aromatic nitrogens is 2. The lowest BCUT2D eigenvalue weighted by atomic mass is 10.0. The molecule has 8 rings (SSSR count). The molecule has 3 amide bonds. The molecule has 0 fully saturated rings. The van der Waals surface area contributed by atoms with Crippen LogP contribution in [0, 0.1) is 23.3 Å². The number of ether oxygens (including phenoxy) is 1. The minimum Gasteiger partial charge on any atom is -0.441 e. The first-order valence-electron chi connectivity index (χ1n) is 19.1. The molecule has 0 saturated heterocycles. The number of fused-ring (bicyclic) bond motifs is 2. The highest BCUT2D eigenvalue weighted by atomic mass is 35.5. The van der Waals surface area contributed by atoms with E-state index in [1.165, 1.54) is 48.5 Å². The Morgan fingerprint density at radius 1 is 0.672 bits per heavy atom. The van der Waals surface area contributed by atoms with Gasteiger partial charge in [0.05, 0.1) is 34.1 Å². The number of carbonyl (C=O) groups is 3. The van der Waals surface area contributed by atoms with Gasteiger partial charge in [-0.25, -0.2) is 22.4 Å². The van der Waals surface area contributed by atoms with Crippen LogP contribution in [0.2, 0.25) is 10.0 Å². The van der Waals surface area contributed by atoms with Gasteiger partial charge in [0.25, 0.3) is 11.8 Å². The molecule has 0 aliphatic heterocycles. The first-order chi connectivity index (χ1) is 29.8. The van der Waals surface area contributed by atoms with E-state index in [-0.39, 0.29) is 48.1 Å². The van der Waals surface area contributed by atoms with Crippen molar-refractivity contribution in [3.05, 3.63) is 188 Å². The van der Waals surface area contributed by atoms with Gasteiger partial charge in [-0.3, -0.25) is 19.6 Å². The summed E-state index contributed by atoms with van der Waals surface area (Å²) in [7, 11) is 0. The fraction of sp³-hybridized carbons (Fsp3) is 0.213. The van der Waals surface area contributed by atoms with Crippen LogP contribution in [0.15, 0.2) is 109 Å². The van der Waals surface area contributed by atoms with Gasteiger partial charge in [-0.15, -0.1) is 0 Å². The zero-order valence-electron chi connectivity index (χ0n) is 32.6. The molecule has 0 saturated carbocycles. The van der Waals surface area contributed by atoms with Crippen molar-refractivity contribution in [1.82, 2.24) is 15.3 Å². The van der Waals surface area contributed by atoms with Crippen molar-refractivity contribution in [2.45, 2.75) is 65.8 Å². The van der Waals surface area contributed by atoms with Crippen LogP contribution in [0.1, 0.15) is 94.3 Å². The van der Waals surface area contributed by atoms with E-state index >= 15 is 0 Å². The minimum atomic E-state index is -0.886. The molecule has 17 heteroatoms. The summed E-state index contributed by atoms with van der Waals surface area (Å²) in [6.45, 7) is 0.700. The van der Waals surface area contributed by atoms with Crippen LogP contribution in [-0.2, 0) is 30.7 Å². The lowest BCUT2D eigenvalue weighted by Crippen LogP contribution is -2.25. The van der Waals surface area contributed by atoms with Crippen molar-refractivity contribution >= 4 is 52.5 Å². The predicted octanol–water partition coefficient (Wildman–Crippen LogP) is 10.8. The molecule has 2 aliphatic carbocycles. The Morgan fingerprint density at radius 3 is 1.64 bits per heavy atom. The number of benzene rings is 4. The van der Waals surface area contributed by atoms with Gasteiger partial charge in [0.2, 0.25) is 0 Å². The normalized spacial score (nSPS) is 14.1. The molecular formula is C47H46Cl2F4N6O5. The third-order valence-electron chi connectivity index (χ3n) is 9.76. The number of carbonyl (C=O) groups excluding carboxylic acids is 3. The number of halogens is 6. The summed E-state index contributed by atoms with van der Waals surface area (Å²) >= 11 is 11.4. The molecule has 0 unspecified atom stereocenters. The van der Waals surface area contributed by atoms with Gasteiger partial charge >= 0.3 is 6.09 Å². The van der Waals surface area contributed by atoms with Crippen molar-refractivity contribution in [3.8, 4) is 0 Å². The van der Waals surface area contributed by atoms with Gasteiger partial charge in [-0.2, -0.15) is 0 Å². The molecule has 336 valence electrons. The second-order valence-corrected chi connectivity index (χ2v) is 14.6. The van der Waals surface area contributed by atoms with Gasteiger partial charge in [0.1, 0.15) is 29.4 Å². The Labute approximate surface area is 378 Å². The van der Waals surface area contributed by atoms with E-state index in [2.05, 4.69) is 25.9 Å². The molecule has 2 atom stereocenters. The third kappa shape index (κ3) is 12.6. The number of aliphatic hydroxyl groups is 1. The Kier molecular flexibility index (Phi) is 18.3. The van der Waals surface area contributed by atoms with E-state index in [0.29, 0.717) is 66.0 Å². The van der Waals surface area contributed by atoms with Crippen molar-refractivity contribution < 1.29 is 41.8 Å². The van der Waals surface area contributed by atoms with E-state index < -0.39 is 53.4 Å². The van der Waals surface area contributed by atoms with Crippen molar-refractivity contribution in [1.29, 1.82) is 0 Å². The summed E-state index contributed by atoms with van der Waals surface area (Å²) < 4.78 is 60.2. The largest absolute Gasteiger partial charge is 0.441 e. The molecule has 2 heterocycles. The molecule has 2 aliphatic rings. The zero-order chi connectivity index (χ0) is 44.3. The number of amides is 3. The number of aliphatic hydroxyl groups excluding tert-OH is 1. The molecule has 64 heavy (non-hydrogen) atoms. The van der Waals surface area contributed by atoms with Gasteiger partial charge in [-0.1, -0.05) is 50.2 Å². The Balaban J connectivity index is 0.000000242. The second kappa shape index (κ2) is 23.3. The highest BCUT2D eigenvalue weighted by molar-refractivity contribution is 6.31. The predicted molar refractivity (Wildman–Crippen MR) is 239 cm³/mol. The standard InChI is InChI=1S/C23H18ClF2N3O3.C16H12ClF2NO2.C6H8N2.2CH4/c24-17-11-13(4-7-18(17)25)29-22(30)16-5-8-19(26)21-15(16)6-9-20(21)32-23(31)28-12-14-3-1-2-10-27-14;17-11-7-8(1-4-12(11)18)20-16(22)10-2-5-13(19)15-9(10)3-6-14(15)21;7-5-6-3-1-2-4-8-6;;/h1-5,7-8,10-11,20H,6,9,12H2,(H,28,31)(H,29,30);1-2,4-5,7,14,21H,3,6H2,(H,20,22);1-4H,5,7H2;2*1H4/t20-;14-;;;/m00.../s1. The second-order valence-electron chi connectivity index (χ2n) is 13.8. The Morgan fingerprint density at radius 2 is 1.16 bits per heavy atom. The van der Waals surface area contributed by atoms with E-state index in [4.69, 9.17) is 33.7 Å². The van der Waals surface area contributed by atoms with Crippen LogP contribution in [0.3, 0.4) is 0 Å². The molecule has 0 spiro atoms. The number of anilines is 2. The van der Waals surface area contributed by atoms with Crippen LogP contribution in [0.25, 0.3) is 0 Å². The summed E-state index contributed by atoms with van der Waals surface area (Å²) in [6, 6.07) is 23.7. The first kappa shape index (κ1) is 50.3. The molecule has 11 nitrogen and oxygen atoms in total. The van der Waals surface area contributed by atoms with Crippen LogP contribution in [-0.4, -0.2) is 33.0 Å². The molecular weight excluding hydrogens is 875 g/mol. The third-order valence-corrected chi connectivity index (χ3v) is 10.3. The highest BCUT2D eigenvalue weighted by Gasteiger charge is 2.33. The number of nitrogens with one attached hydrogen (secondary N) is 3. The van der Waals surface area contributed by atoms with Gasteiger partial charge in [0.15, 0.2) is 0 Å². The molecule has 0 bridgehead atoms. The minimum absolute atomic E-state index is 0. The fourth-order valence-electron chi connectivity index (χ4n) is 6.81. The van der Waals surface area contributed by atoms with Crippen LogP contribution in [0.5, 0.6) is 0 Å². The number of pyridine rings is 2. The lowest BCUT2D eigenvalue weighted by molar-refractivity contribution is 0.0959. The van der Waals surface area contributed by atoms with Crippen molar-refractivity contribution in [2.24, 2.45) is 5.73 Å². The maximum Gasteiger partial charge on any atom is 0.408 e. The maximum atomic E-state index is 14.6. The smallest absolute Gasteiger partial charge is 0.408 e. The molecule has 0 radical (unpaired) electrons. The monoisotopic (exact) mass is 920 g/mol. The first-order valence-corrected chi connectivity index (χ1v) is 19.9. The highest BCUT2D eigenvalue weighted by Crippen LogP contribution is 2.39. The lowest BCUT2D eigenvalue weighted by Gasteiger charge is -2.16. The van der Waals surface area contributed by atoms with Crippen LogP contribution in [0.4, 0.5) is 33.7 Å². The van der Waals surface area contributed by atoms with Crippen molar-refractivity contribution in [3.63, 3.8) is 0 Å². The van der Waals surface area contributed by atoms with Crippen molar-refractivity contribution in [2.75, 3.05) is 10.6 Å². The average molecular weight is 922 g/mol. The number of rotatable bonds is 8. The molecule has 6 aromatic rings. The summed E-state index contributed by atoms with van der Waals surface area (Å²) in [5.74, 6) is -3.20. The summed E-state index contributed by atoms with van der Waals surface area (Å²) in [5.41, 5.74) is 9.43. The summed E-state index contributed by atoms with van der Waals surface area (Å²) in [6.07, 6.45) is 2.46. The topological polar surface area (TPSA) is 169 Å². The van der Waals surface area contributed by atoms with Gasteiger partial charge in [-0.05, 0) is 122 Å². The molecule has 6 N–H and O–H groups in total. The number of hydrogen-bond donors (Lipinski definition) is 5. The van der Waals surface area contributed by atoms with E-state index in [1.807, 2.05) is 18.2 Å². The maximum absolute atomic E-state index is 14.6. The van der Waals surface area contributed by atoms with Crippen LogP contribution >= 0.6 is 23.2 Å². The summed E-state index contributed by atoms with van der Waals surface area (Å²) in [5, 5.41) is 17.4. The summed E-state index contributed by atoms with van der Waals surface area (Å²) in [4.78, 5) is 45.4. The van der Waals surface area contributed by atoms with E-state index in [0.717, 1.165) is 17.8 Å². The van der Waals surface area contributed by atoms with Gasteiger partial charge in [0, 0.05) is 52.6 Å². The molecule has 2 aromatic heterocycles. The Hall–Kier alpha value is -6.39. The fourth-order valence-corrected chi connectivity index (χ4v) is 7.17. The number of nitrogens with two attached hydrogens (primary N) is 1. The zero-order valence-corrected chi connectivity index (χ0v) is 34.1. The van der Waals surface area contributed by atoms with Crippen LogP contribution < -0.4 is 21.7 Å².